The molecule has 6 heteroatoms. The van der Waals surface area contributed by atoms with Gasteiger partial charge in [0.25, 0.3) is 0 Å². The summed E-state index contributed by atoms with van der Waals surface area (Å²) in [6.45, 7) is 1.01. The molecule has 1 heterocycles. The topological polar surface area (TPSA) is 49.4 Å². The van der Waals surface area contributed by atoms with E-state index in [1.54, 1.807) is 6.07 Å². The molecule has 1 aliphatic heterocycles. The number of rotatable bonds is 3. The van der Waals surface area contributed by atoms with E-state index in [1.807, 2.05) is 0 Å². The standard InChI is InChI=1S/C11H15FN2O2S/c12-10-6-2-3-7-11(10)13-17(15,16)14-8-4-1-5-9-14/h2-3,6-7,13H,1,4-5,8-9H2. The van der Waals surface area contributed by atoms with Gasteiger partial charge in [-0.3, -0.25) is 4.72 Å². The van der Waals surface area contributed by atoms with Crippen molar-refractivity contribution in [1.29, 1.82) is 0 Å². The van der Waals surface area contributed by atoms with E-state index in [1.165, 1.54) is 22.5 Å². The van der Waals surface area contributed by atoms with Gasteiger partial charge in [-0.05, 0) is 25.0 Å². The lowest BCUT2D eigenvalue weighted by atomic mass is 10.2. The summed E-state index contributed by atoms with van der Waals surface area (Å²) in [5.41, 5.74) is -0.00178. The van der Waals surface area contributed by atoms with Crippen molar-refractivity contribution >= 4 is 15.9 Å². The van der Waals surface area contributed by atoms with Crippen LogP contribution in [0.3, 0.4) is 0 Å². The summed E-state index contributed by atoms with van der Waals surface area (Å²) in [7, 11) is -3.62. The summed E-state index contributed by atoms with van der Waals surface area (Å²) in [6, 6.07) is 5.76. The van der Waals surface area contributed by atoms with Crippen molar-refractivity contribution in [3.8, 4) is 0 Å². The molecule has 94 valence electrons. The van der Waals surface area contributed by atoms with Gasteiger partial charge in [0.1, 0.15) is 5.82 Å². The molecule has 2 rings (SSSR count). The highest BCUT2D eigenvalue weighted by molar-refractivity contribution is 7.90. The number of halogens is 1. The molecule has 0 amide bonds. The second-order valence-electron chi connectivity index (χ2n) is 4.05. The summed E-state index contributed by atoms with van der Waals surface area (Å²) in [5, 5.41) is 0. The molecule has 1 aromatic carbocycles. The Morgan fingerprint density at radius 1 is 1.12 bits per heavy atom. The zero-order chi connectivity index (χ0) is 12.3. The first-order valence-electron chi connectivity index (χ1n) is 5.62. The van der Waals surface area contributed by atoms with Gasteiger partial charge < -0.3 is 0 Å². The van der Waals surface area contributed by atoms with E-state index in [-0.39, 0.29) is 5.69 Å². The van der Waals surface area contributed by atoms with Crippen molar-refractivity contribution in [2.45, 2.75) is 19.3 Å². The third kappa shape index (κ3) is 2.95. The average molecular weight is 258 g/mol. The van der Waals surface area contributed by atoms with E-state index < -0.39 is 16.0 Å². The Bertz CT molecular complexity index is 484. The number of hydrogen-bond donors (Lipinski definition) is 1. The van der Waals surface area contributed by atoms with Gasteiger partial charge in [-0.25, -0.2) is 4.39 Å². The Kier molecular flexibility index (Phi) is 3.63. The molecule has 1 N–H and O–H groups in total. The molecule has 0 radical (unpaired) electrons. The number of benzene rings is 1. The first-order chi connectivity index (χ1) is 8.09. The number of hydrogen-bond acceptors (Lipinski definition) is 2. The summed E-state index contributed by atoms with van der Waals surface area (Å²) < 4.78 is 40.9. The second-order valence-corrected chi connectivity index (χ2v) is 5.72. The van der Waals surface area contributed by atoms with Crippen LogP contribution in [-0.4, -0.2) is 25.8 Å². The van der Waals surface area contributed by atoms with Gasteiger partial charge in [-0.1, -0.05) is 18.6 Å². The highest BCUT2D eigenvalue weighted by Crippen LogP contribution is 2.18. The number of nitrogens with one attached hydrogen (secondary N) is 1. The Hall–Kier alpha value is -1.14. The average Bonchev–Trinajstić information content (AvgIpc) is 2.33. The maximum atomic E-state index is 13.3. The van der Waals surface area contributed by atoms with Crippen molar-refractivity contribution in [2.75, 3.05) is 17.8 Å². The van der Waals surface area contributed by atoms with Crippen LogP contribution in [0.1, 0.15) is 19.3 Å². The van der Waals surface area contributed by atoms with E-state index in [9.17, 15) is 12.8 Å². The van der Waals surface area contributed by atoms with Crippen LogP contribution in [0.25, 0.3) is 0 Å². The molecule has 0 atom stereocenters. The van der Waals surface area contributed by atoms with Crippen LogP contribution >= 0.6 is 0 Å². The van der Waals surface area contributed by atoms with E-state index in [2.05, 4.69) is 4.72 Å². The summed E-state index contributed by atoms with van der Waals surface area (Å²) in [5.74, 6) is -0.562. The molecule has 1 aromatic rings. The quantitative estimate of drug-likeness (QED) is 0.901. The third-order valence-corrected chi connectivity index (χ3v) is 4.29. The molecule has 1 fully saturated rings. The molecular weight excluding hydrogens is 243 g/mol. The van der Waals surface area contributed by atoms with Gasteiger partial charge >= 0.3 is 10.2 Å². The van der Waals surface area contributed by atoms with Gasteiger partial charge in [-0.15, -0.1) is 0 Å². The van der Waals surface area contributed by atoms with E-state index in [0.29, 0.717) is 13.1 Å². The van der Waals surface area contributed by atoms with Crippen LogP contribution in [0, 0.1) is 5.82 Å². The van der Waals surface area contributed by atoms with E-state index >= 15 is 0 Å². The van der Waals surface area contributed by atoms with Gasteiger partial charge in [0.15, 0.2) is 0 Å². The van der Waals surface area contributed by atoms with Crippen molar-refractivity contribution in [3.63, 3.8) is 0 Å². The highest BCUT2D eigenvalue weighted by Gasteiger charge is 2.24. The van der Waals surface area contributed by atoms with Crippen LogP contribution in [0.5, 0.6) is 0 Å². The lowest BCUT2D eigenvalue weighted by molar-refractivity contribution is 0.349. The first-order valence-corrected chi connectivity index (χ1v) is 7.06. The fraction of sp³-hybridized carbons (Fsp3) is 0.455. The summed E-state index contributed by atoms with van der Waals surface area (Å²) in [4.78, 5) is 0. The zero-order valence-electron chi connectivity index (χ0n) is 9.39. The Balaban J connectivity index is 2.14. The molecule has 4 nitrogen and oxygen atoms in total. The molecule has 0 spiro atoms. The predicted octanol–water partition coefficient (Wildman–Crippen LogP) is 1.97. The normalized spacial score (nSPS) is 17.9. The predicted molar refractivity (Wildman–Crippen MR) is 64.4 cm³/mol. The van der Waals surface area contributed by atoms with Crippen molar-refractivity contribution in [1.82, 2.24) is 4.31 Å². The number of piperidine rings is 1. The molecular formula is C11H15FN2O2S. The second kappa shape index (κ2) is 5.01. The van der Waals surface area contributed by atoms with Crippen LogP contribution in [0.2, 0.25) is 0 Å². The summed E-state index contributed by atoms with van der Waals surface area (Å²) >= 11 is 0. The molecule has 0 saturated carbocycles. The zero-order valence-corrected chi connectivity index (χ0v) is 10.2. The molecule has 17 heavy (non-hydrogen) atoms. The smallest absolute Gasteiger partial charge is 0.268 e. The molecule has 0 aliphatic carbocycles. The van der Waals surface area contributed by atoms with Gasteiger partial charge in [0.2, 0.25) is 0 Å². The van der Waals surface area contributed by atoms with Crippen molar-refractivity contribution < 1.29 is 12.8 Å². The lowest BCUT2D eigenvalue weighted by Gasteiger charge is -2.26. The van der Waals surface area contributed by atoms with Crippen LogP contribution in [0.15, 0.2) is 24.3 Å². The fourth-order valence-corrected chi connectivity index (χ4v) is 3.16. The monoisotopic (exact) mass is 258 g/mol. The molecule has 0 aromatic heterocycles. The minimum absolute atomic E-state index is 0.00178. The maximum absolute atomic E-state index is 13.3. The number of anilines is 1. The van der Waals surface area contributed by atoms with Gasteiger partial charge in [0, 0.05) is 13.1 Å². The number of nitrogens with zero attached hydrogens (tertiary/aromatic N) is 1. The Morgan fingerprint density at radius 2 is 1.76 bits per heavy atom. The minimum atomic E-state index is -3.62. The Labute approximate surface area is 101 Å². The van der Waals surface area contributed by atoms with Crippen molar-refractivity contribution in [2.24, 2.45) is 0 Å². The maximum Gasteiger partial charge on any atom is 0.301 e. The van der Waals surface area contributed by atoms with E-state index in [0.717, 1.165) is 19.3 Å². The SMILES string of the molecule is O=S(=O)(Nc1ccccc1F)N1CCCCC1. The van der Waals surface area contributed by atoms with Crippen LogP contribution in [-0.2, 0) is 10.2 Å². The Morgan fingerprint density at radius 3 is 2.41 bits per heavy atom. The molecule has 1 aliphatic rings. The third-order valence-electron chi connectivity index (χ3n) is 2.77. The van der Waals surface area contributed by atoms with Gasteiger partial charge in [0.05, 0.1) is 5.69 Å². The van der Waals surface area contributed by atoms with Crippen molar-refractivity contribution in [3.05, 3.63) is 30.1 Å². The fourth-order valence-electron chi connectivity index (χ4n) is 1.85. The highest BCUT2D eigenvalue weighted by atomic mass is 32.2. The van der Waals surface area contributed by atoms with Crippen LogP contribution < -0.4 is 4.72 Å². The van der Waals surface area contributed by atoms with Crippen LogP contribution in [0.4, 0.5) is 10.1 Å². The lowest BCUT2D eigenvalue weighted by Crippen LogP contribution is -2.39. The van der Waals surface area contributed by atoms with E-state index in [4.69, 9.17) is 0 Å². The number of para-hydroxylation sites is 1. The van der Waals surface area contributed by atoms with Gasteiger partial charge in [-0.2, -0.15) is 12.7 Å². The molecule has 0 bridgehead atoms. The molecule has 1 saturated heterocycles. The molecule has 0 unspecified atom stereocenters. The largest absolute Gasteiger partial charge is 0.301 e. The summed E-state index contributed by atoms with van der Waals surface area (Å²) in [6.07, 6.45) is 2.77. The minimum Gasteiger partial charge on any atom is -0.268 e. The first kappa shape index (κ1) is 12.3.